The number of carbonyl (C=O) groups excluding carboxylic acids is 2. The fourth-order valence-electron chi connectivity index (χ4n) is 3.66. The summed E-state index contributed by atoms with van der Waals surface area (Å²) in [4.78, 5) is 33.1. The second-order valence-electron chi connectivity index (χ2n) is 7.28. The highest BCUT2D eigenvalue weighted by Gasteiger charge is 2.30. The molecule has 3 rings (SSSR count). The van der Waals surface area contributed by atoms with Gasteiger partial charge in [0.2, 0.25) is 0 Å². The fourth-order valence-corrected chi connectivity index (χ4v) is 3.66. The van der Waals surface area contributed by atoms with Gasteiger partial charge in [0.15, 0.2) is 5.96 Å². The standard InChI is InChI=1S/C21H31N5O4.HI/c1-22-21(24-9-8-23-19(27)16-5-3-6-17(15-16)29-2)26-12-10-25(11-13-26)20(28)18-7-4-14-30-18;/h3,5-6,15,18H,4,7-14H2,1-2H3,(H,22,24)(H,23,27);1H. The van der Waals surface area contributed by atoms with E-state index in [1.807, 2.05) is 4.90 Å². The zero-order valence-electron chi connectivity index (χ0n) is 18.1. The first-order valence-corrected chi connectivity index (χ1v) is 10.4. The molecule has 2 heterocycles. The third-order valence-electron chi connectivity index (χ3n) is 5.33. The lowest BCUT2D eigenvalue weighted by atomic mass is 10.2. The molecule has 0 aliphatic carbocycles. The molecular formula is C21H32IN5O4. The minimum absolute atomic E-state index is 0. The Bertz CT molecular complexity index is 762. The van der Waals surface area contributed by atoms with Crippen LogP contribution < -0.4 is 15.4 Å². The Labute approximate surface area is 200 Å². The van der Waals surface area contributed by atoms with Crippen LogP contribution in [0.25, 0.3) is 0 Å². The summed E-state index contributed by atoms with van der Waals surface area (Å²) in [5, 5.41) is 6.16. The monoisotopic (exact) mass is 545 g/mol. The van der Waals surface area contributed by atoms with E-state index in [1.165, 1.54) is 0 Å². The SMILES string of the molecule is CN=C(NCCNC(=O)c1cccc(OC)c1)N1CCN(C(=O)C2CCCO2)CC1.I. The van der Waals surface area contributed by atoms with Gasteiger partial charge in [0, 0.05) is 58.5 Å². The van der Waals surface area contributed by atoms with Gasteiger partial charge in [0.25, 0.3) is 11.8 Å². The summed E-state index contributed by atoms with van der Waals surface area (Å²) < 4.78 is 10.7. The highest BCUT2D eigenvalue weighted by atomic mass is 127. The van der Waals surface area contributed by atoms with E-state index < -0.39 is 0 Å². The molecule has 2 amide bonds. The number of guanidine groups is 1. The van der Waals surface area contributed by atoms with Gasteiger partial charge in [-0.15, -0.1) is 24.0 Å². The summed E-state index contributed by atoms with van der Waals surface area (Å²) in [7, 11) is 3.31. The summed E-state index contributed by atoms with van der Waals surface area (Å²) in [5.41, 5.74) is 0.561. The number of carbonyl (C=O) groups is 2. The summed E-state index contributed by atoms with van der Waals surface area (Å²) >= 11 is 0. The van der Waals surface area contributed by atoms with E-state index >= 15 is 0 Å². The smallest absolute Gasteiger partial charge is 0.251 e. The quantitative estimate of drug-likeness (QED) is 0.239. The summed E-state index contributed by atoms with van der Waals surface area (Å²) in [6, 6.07) is 7.05. The molecule has 0 bridgehead atoms. The third-order valence-corrected chi connectivity index (χ3v) is 5.33. The summed E-state index contributed by atoms with van der Waals surface area (Å²) in [6.45, 7) is 4.45. The molecule has 2 fully saturated rings. The number of hydrogen-bond acceptors (Lipinski definition) is 5. The number of ether oxygens (including phenoxy) is 2. The van der Waals surface area contributed by atoms with E-state index in [9.17, 15) is 9.59 Å². The molecule has 2 saturated heterocycles. The lowest BCUT2D eigenvalue weighted by molar-refractivity contribution is -0.142. The minimum atomic E-state index is -0.262. The number of methoxy groups -OCH3 is 1. The molecule has 2 N–H and O–H groups in total. The molecule has 0 radical (unpaired) electrons. The lowest BCUT2D eigenvalue weighted by Gasteiger charge is -2.37. The van der Waals surface area contributed by atoms with Gasteiger partial charge in [0.05, 0.1) is 7.11 Å². The Hall–Kier alpha value is -2.08. The molecule has 9 nitrogen and oxygen atoms in total. The number of halogens is 1. The lowest BCUT2D eigenvalue weighted by Crippen LogP contribution is -2.55. The number of nitrogens with zero attached hydrogens (tertiary/aromatic N) is 3. The third kappa shape index (κ3) is 6.96. The molecule has 2 aliphatic heterocycles. The minimum Gasteiger partial charge on any atom is -0.497 e. The molecule has 0 aromatic heterocycles. The van der Waals surface area contributed by atoms with E-state index in [4.69, 9.17) is 9.47 Å². The van der Waals surface area contributed by atoms with Crippen molar-refractivity contribution in [3.05, 3.63) is 29.8 Å². The second kappa shape index (κ2) is 12.7. The molecule has 1 atom stereocenters. The highest BCUT2D eigenvalue weighted by Crippen LogP contribution is 2.16. The van der Waals surface area contributed by atoms with Crippen molar-refractivity contribution in [2.75, 3.05) is 60.0 Å². The van der Waals surface area contributed by atoms with Crippen LogP contribution in [0.4, 0.5) is 0 Å². The molecular weight excluding hydrogens is 513 g/mol. The van der Waals surface area contributed by atoms with Crippen molar-refractivity contribution in [2.24, 2.45) is 4.99 Å². The average Bonchev–Trinajstić information content (AvgIpc) is 3.34. The zero-order valence-corrected chi connectivity index (χ0v) is 20.5. The van der Waals surface area contributed by atoms with Crippen molar-refractivity contribution in [2.45, 2.75) is 18.9 Å². The Morgan fingerprint density at radius 1 is 1.16 bits per heavy atom. The number of piperazine rings is 1. The predicted molar refractivity (Wildman–Crippen MR) is 129 cm³/mol. The molecule has 0 spiro atoms. The first-order chi connectivity index (χ1) is 14.6. The van der Waals surface area contributed by atoms with Crippen LogP contribution in [0.1, 0.15) is 23.2 Å². The van der Waals surface area contributed by atoms with Crippen molar-refractivity contribution in [1.29, 1.82) is 0 Å². The van der Waals surface area contributed by atoms with Gasteiger partial charge < -0.3 is 29.9 Å². The van der Waals surface area contributed by atoms with Gasteiger partial charge in [-0.2, -0.15) is 0 Å². The second-order valence-corrected chi connectivity index (χ2v) is 7.28. The van der Waals surface area contributed by atoms with Crippen LogP contribution in [-0.4, -0.2) is 93.7 Å². The number of nitrogens with one attached hydrogen (secondary N) is 2. The number of hydrogen-bond donors (Lipinski definition) is 2. The zero-order chi connectivity index (χ0) is 21.3. The maximum Gasteiger partial charge on any atom is 0.251 e. The first kappa shape index (κ1) is 25.2. The van der Waals surface area contributed by atoms with Crippen molar-refractivity contribution >= 4 is 41.8 Å². The van der Waals surface area contributed by atoms with E-state index in [0.717, 1.165) is 18.8 Å². The molecule has 2 aliphatic rings. The average molecular weight is 545 g/mol. The van der Waals surface area contributed by atoms with Crippen LogP contribution in [0, 0.1) is 0 Å². The maximum absolute atomic E-state index is 12.5. The highest BCUT2D eigenvalue weighted by molar-refractivity contribution is 14.0. The van der Waals surface area contributed by atoms with Gasteiger partial charge in [0.1, 0.15) is 11.9 Å². The topological polar surface area (TPSA) is 95.5 Å². The fraction of sp³-hybridized carbons (Fsp3) is 0.571. The van der Waals surface area contributed by atoms with E-state index in [0.29, 0.717) is 57.2 Å². The summed E-state index contributed by atoms with van der Waals surface area (Å²) in [6.07, 6.45) is 1.52. The van der Waals surface area contributed by atoms with Crippen molar-refractivity contribution < 1.29 is 19.1 Å². The Balaban J connectivity index is 0.00000341. The molecule has 172 valence electrons. The number of aliphatic imine (C=N–C) groups is 1. The van der Waals surface area contributed by atoms with Crippen LogP contribution >= 0.6 is 24.0 Å². The van der Waals surface area contributed by atoms with Gasteiger partial charge in [-0.1, -0.05) is 6.07 Å². The van der Waals surface area contributed by atoms with Crippen molar-refractivity contribution in [3.8, 4) is 5.75 Å². The van der Waals surface area contributed by atoms with Crippen LogP contribution in [0.5, 0.6) is 5.75 Å². The van der Waals surface area contributed by atoms with Crippen molar-refractivity contribution in [1.82, 2.24) is 20.4 Å². The van der Waals surface area contributed by atoms with Crippen LogP contribution in [0.15, 0.2) is 29.3 Å². The van der Waals surface area contributed by atoms with Gasteiger partial charge >= 0.3 is 0 Å². The van der Waals surface area contributed by atoms with Crippen LogP contribution in [0.2, 0.25) is 0 Å². The number of benzene rings is 1. The normalized spacial score (nSPS) is 18.9. The first-order valence-electron chi connectivity index (χ1n) is 10.4. The van der Waals surface area contributed by atoms with Crippen molar-refractivity contribution in [3.63, 3.8) is 0 Å². The summed E-state index contributed by atoms with van der Waals surface area (Å²) in [5.74, 6) is 1.38. The number of rotatable bonds is 6. The van der Waals surface area contributed by atoms with Gasteiger partial charge in [-0.3, -0.25) is 14.6 Å². The van der Waals surface area contributed by atoms with Gasteiger partial charge in [-0.25, -0.2) is 0 Å². The Kier molecular flexibility index (Phi) is 10.3. The molecule has 0 saturated carbocycles. The van der Waals surface area contributed by atoms with E-state index in [2.05, 4.69) is 20.5 Å². The van der Waals surface area contributed by atoms with Crippen LogP contribution in [0.3, 0.4) is 0 Å². The predicted octanol–water partition coefficient (Wildman–Crippen LogP) is 0.942. The molecule has 10 heteroatoms. The van der Waals surface area contributed by atoms with Crippen LogP contribution in [-0.2, 0) is 9.53 Å². The Morgan fingerprint density at radius 3 is 2.52 bits per heavy atom. The molecule has 1 aromatic rings. The van der Waals surface area contributed by atoms with Gasteiger partial charge in [-0.05, 0) is 31.0 Å². The van der Waals surface area contributed by atoms with E-state index in [1.54, 1.807) is 38.4 Å². The molecule has 1 aromatic carbocycles. The molecule has 31 heavy (non-hydrogen) atoms. The van der Waals surface area contributed by atoms with E-state index in [-0.39, 0.29) is 41.9 Å². The maximum atomic E-state index is 12.5. The molecule has 1 unspecified atom stereocenters. The number of amides is 2. The largest absolute Gasteiger partial charge is 0.497 e. The Morgan fingerprint density at radius 2 is 1.87 bits per heavy atom.